The molecular formula is C18H27F2N. The van der Waals surface area contributed by atoms with Gasteiger partial charge in [-0.3, -0.25) is 0 Å². The Morgan fingerprint density at radius 1 is 1.00 bits per heavy atom. The van der Waals surface area contributed by atoms with Crippen LogP contribution in [-0.4, -0.2) is 13.1 Å². The van der Waals surface area contributed by atoms with Crippen molar-refractivity contribution < 1.29 is 8.78 Å². The Labute approximate surface area is 127 Å². The summed E-state index contributed by atoms with van der Waals surface area (Å²) in [6, 6.07) is 4.03. The molecule has 1 fully saturated rings. The maximum Gasteiger partial charge on any atom is 0.126 e. The smallest absolute Gasteiger partial charge is 0.126 e. The van der Waals surface area contributed by atoms with E-state index in [1.54, 1.807) is 0 Å². The zero-order valence-corrected chi connectivity index (χ0v) is 13.2. The van der Waals surface area contributed by atoms with Crippen molar-refractivity contribution in [3.8, 4) is 0 Å². The van der Waals surface area contributed by atoms with E-state index in [0.717, 1.165) is 50.4 Å². The van der Waals surface area contributed by atoms with Crippen molar-refractivity contribution in [1.82, 2.24) is 5.32 Å². The van der Waals surface area contributed by atoms with E-state index in [9.17, 15) is 8.78 Å². The molecule has 1 aromatic rings. The average Bonchev–Trinajstić information content (AvgIpc) is 2.64. The van der Waals surface area contributed by atoms with Crippen molar-refractivity contribution in [1.29, 1.82) is 0 Å². The minimum Gasteiger partial charge on any atom is -0.316 e. The van der Waals surface area contributed by atoms with Crippen molar-refractivity contribution in [3.05, 3.63) is 35.4 Å². The summed E-state index contributed by atoms with van der Waals surface area (Å²) in [5.41, 5.74) is 0.715. The van der Waals surface area contributed by atoms with Crippen LogP contribution in [0.4, 0.5) is 8.78 Å². The third-order valence-corrected chi connectivity index (χ3v) is 4.55. The summed E-state index contributed by atoms with van der Waals surface area (Å²) in [7, 11) is 0. The molecule has 0 radical (unpaired) electrons. The molecule has 1 nitrogen and oxygen atoms in total. The summed E-state index contributed by atoms with van der Waals surface area (Å²) in [5.74, 6) is -0.341. The SMILES string of the molecule is CC(C)CNCC1(c2cc(F)cc(F)c2)CCCCCC1. The van der Waals surface area contributed by atoms with Crippen LogP contribution in [0.1, 0.15) is 57.9 Å². The zero-order valence-electron chi connectivity index (χ0n) is 13.2. The van der Waals surface area contributed by atoms with Crippen LogP contribution in [0.2, 0.25) is 0 Å². The Morgan fingerprint density at radius 2 is 1.57 bits per heavy atom. The molecule has 2 rings (SSSR count). The van der Waals surface area contributed by atoms with Gasteiger partial charge in [0.25, 0.3) is 0 Å². The van der Waals surface area contributed by atoms with Crippen molar-refractivity contribution in [2.75, 3.05) is 13.1 Å². The van der Waals surface area contributed by atoms with Crippen LogP contribution < -0.4 is 5.32 Å². The van der Waals surface area contributed by atoms with Gasteiger partial charge in [0.15, 0.2) is 0 Å². The third-order valence-electron chi connectivity index (χ3n) is 4.55. The highest BCUT2D eigenvalue weighted by Crippen LogP contribution is 2.38. The normalized spacial score (nSPS) is 18.7. The van der Waals surface area contributed by atoms with E-state index in [1.807, 2.05) is 0 Å². The second kappa shape index (κ2) is 7.35. The van der Waals surface area contributed by atoms with E-state index >= 15 is 0 Å². The number of benzene rings is 1. The Bertz CT molecular complexity index is 428. The van der Waals surface area contributed by atoms with Crippen LogP contribution in [0.3, 0.4) is 0 Å². The molecule has 1 saturated carbocycles. The van der Waals surface area contributed by atoms with Crippen molar-refractivity contribution in [3.63, 3.8) is 0 Å². The van der Waals surface area contributed by atoms with Gasteiger partial charge in [0.05, 0.1) is 0 Å². The van der Waals surface area contributed by atoms with Gasteiger partial charge in [0.2, 0.25) is 0 Å². The fourth-order valence-electron chi connectivity index (χ4n) is 3.43. The maximum absolute atomic E-state index is 13.6. The highest BCUT2D eigenvalue weighted by atomic mass is 19.1. The third kappa shape index (κ3) is 4.50. The van der Waals surface area contributed by atoms with E-state index in [-0.39, 0.29) is 5.41 Å². The Kier molecular flexibility index (Phi) is 5.74. The first-order valence-electron chi connectivity index (χ1n) is 8.19. The molecule has 0 amide bonds. The summed E-state index contributed by atoms with van der Waals surface area (Å²) in [6.07, 6.45) is 6.76. The van der Waals surface area contributed by atoms with Crippen molar-refractivity contribution in [2.24, 2.45) is 5.92 Å². The molecule has 1 aromatic carbocycles. The van der Waals surface area contributed by atoms with Gasteiger partial charge in [0.1, 0.15) is 11.6 Å². The largest absolute Gasteiger partial charge is 0.316 e. The Balaban J connectivity index is 2.25. The second-order valence-electron chi connectivity index (χ2n) is 6.88. The molecule has 0 spiro atoms. The molecule has 21 heavy (non-hydrogen) atoms. The molecule has 0 aliphatic heterocycles. The van der Waals surface area contributed by atoms with Gasteiger partial charge in [-0.1, -0.05) is 39.5 Å². The predicted octanol–water partition coefficient (Wildman–Crippen LogP) is 4.80. The summed E-state index contributed by atoms with van der Waals surface area (Å²) in [6.45, 7) is 6.11. The lowest BCUT2D eigenvalue weighted by Gasteiger charge is -2.34. The molecule has 1 aliphatic carbocycles. The molecule has 3 heteroatoms. The molecule has 0 saturated heterocycles. The summed E-state index contributed by atoms with van der Waals surface area (Å²) < 4.78 is 27.3. The van der Waals surface area contributed by atoms with Gasteiger partial charge in [-0.05, 0) is 43.0 Å². The highest BCUT2D eigenvalue weighted by molar-refractivity contribution is 5.28. The van der Waals surface area contributed by atoms with E-state index in [1.165, 1.54) is 25.0 Å². The second-order valence-corrected chi connectivity index (χ2v) is 6.88. The van der Waals surface area contributed by atoms with Gasteiger partial charge in [-0.2, -0.15) is 0 Å². The molecule has 0 bridgehead atoms. The standard InChI is InChI=1S/C18H27F2N/c1-14(2)12-21-13-18(7-5-3-4-6-8-18)15-9-16(19)11-17(20)10-15/h9-11,14,21H,3-8,12-13H2,1-2H3. The van der Waals surface area contributed by atoms with Crippen LogP contribution >= 0.6 is 0 Å². The Hall–Kier alpha value is -0.960. The van der Waals surface area contributed by atoms with Crippen LogP contribution in [-0.2, 0) is 5.41 Å². The predicted molar refractivity (Wildman–Crippen MR) is 83.4 cm³/mol. The van der Waals surface area contributed by atoms with Crippen LogP contribution in [0.15, 0.2) is 18.2 Å². The van der Waals surface area contributed by atoms with E-state index in [4.69, 9.17) is 0 Å². The van der Waals surface area contributed by atoms with Crippen LogP contribution in [0.25, 0.3) is 0 Å². The lowest BCUT2D eigenvalue weighted by molar-refractivity contribution is 0.337. The number of hydrogen-bond acceptors (Lipinski definition) is 1. The van der Waals surface area contributed by atoms with E-state index in [2.05, 4.69) is 19.2 Å². The van der Waals surface area contributed by atoms with Gasteiger partial charge < -0.3 is 5.32 Å². The minimum atomic E-state index is -0.461. The van der Waals surface area contributed by atoms with Gasteiger partial charge in [-0.15, -0.1) is 0 Å². The summed E-state index contributed by atoms with van der Waals surface area (Å²) >= 11 is 0. The quantitative estimate of drug-likeness (QED) is 0.769. The number of hydrogen-bond donors (Lipinski definition) is 1. The van der Waals surface area contributed by atoms with Gasteiger partial charge in [-0.25, -0.2) is 8.78 Å². The monoisotopic (exact) mass is 295 g/mol. The molecule has 1 aliphatic rings. The number of halogens is 2. The molecule has 1 N–H and O–H groups in total. The van der Waals surface area contributed by atoms with Crippen LogP contribution in [0, 0.1) is 17.6 Å². The minimum absolute atomic E-state index is 0.117. The Morgan fingerprint density at radius 3 is 2.10 bits per heavy atom. The first-order chi connectivity index (χ1) is 10.0. The molecule has 0 aromatic heterocycles. The molecule has 118 valence electrons. The molecule has 0 atom stereocenters. The average molecular weight is 295 g/mol. The van der Waals surface area contributed by atoms with Gasteiger partial charge >= 0.3 is 0 Å². The summed E-state index contributed by atoms with van der Waals surface area (Å²) in [4.78, 5) is 0. The van der Waals surface area contributed by atoms with Crippen molar-refractivity contribution >= 4 is 0 Å². The first kappa shape index (κ1) is 16.4. The lowest BCUT2D eigenvalue weighted by Crippen LogP contribution is -2.39. The molecule has 0 heterocycles. The maximum atomic E-state index is 13.6. The van der Waals surface area contributed by atoms with Crippen molar-refractivity contribution in [2.45, 2.75) is 57.8 Å². The van der Waals surface area contributed by atoms with E-state index < -0.39 is 11.6 Å². The first-order valence-corrected chi connectivity index (χ1v) is 8.19. The zero-order chi connectivity index (χ0) is 15.3. The fraction of sp³-hybridized carbons (Fsp3) is 0.667. The fourth-order valence-corrected chi connectivity index (χ4v) is 3.43. The van der Waals surface area contributed by atoms with E-state index in [0.29, 0.717) is 5.92 Å². The topological polar surface area (TPSA) is 12.0 Å². The summed E-state index contributed by atoms with van der Waals surface area (Å²) in [5, 5.41) is 3.52. The lowest BCUT2D eigenvalue weighted by atomic mass is 9.74. The number of nitrogens with one attached hydrogen (secondary N) is 1. The number of rotatable bonds is 5. The molecular weight excluding hydrogens is 268 g/mol. The highest BCUT2D eigenvalue weighted by Gasteiger charge is 2.33. The molecule has 0 unspecified atom stereocenters. The van der Waals surface area contributed by atoms with Crippen LogP contribution in [0.5, 0.6) is 0 Å². The van der Waals surface area contributed by atoms with Gasteiger partial charge in [0, 0.05) is 18.0 Å².